The molecule has 1 aliphatic carbocycles. The predicted molar refractivity (Wildman–Crippen MR) is 71.5 cm³/mol. The molecular formula is C12H14N4OS. The number of anilines is 1. The zero-order valence-electron chi connectivity index (χ0n) is 10.1. The van der Waals surface area contributed by atoms with Gasteiger partial charge in [-0.05, 0) is 18.8 Å². The fourth-order valence-corrected chi connectivity index (χ4v) is 2.96. The molecule has 2 aromatic heterocycles. The second-order valence-corrected chi connectivity index (χ2v) is 5.68. The normalized spacial score (nSPS) is 14.9. The number of hydrogen-bond donors (Lipinski definition) is 1. The SMILES string of the molecule is CN(CC1CC1)C(=O)c1sc2nccnc2c1N. The molecule has 1 saturated carbocycles. The third-order valence-corrected chi connectivity index (χ3v) is 4.22. The van der Waals surface area contributed by atoms with Crippen LogP contribution in [0.1, 0.15) is 22.5 Å². The summed E-state index contributed by atoms with van der Waals surface area (Å²) in [6, 6.07) is 0. The number of carbonyl (C=O) groups excluding carboxylic acids is 1. The molecule has 1 aliphatic rings. The van der Waals surface area contributed by atoms with E-state index in [-0.39, 0.29) is 5.91 Å². The number of amides is 1. The highest BCUT2D eigenvalue weighted by Gasteiger charge is 2.27. The smallest absolute Gasteiger partial charge is 0.265 e. The molecule has 2 aromatic rings. The van der Waals surface area contributed by atoms with Crippen LogP contribution in [0.15, 0.2) is 12.4 Å². The summed E-state index contributed by atoms with van der Waals surface area (Å²) in [5.41, 5.74) is 7.07. The summed E-state index contributed by atoms with van der Waals surface area (Å²) < 4.78 is 0. The lowest BCUT2D eigenvalue weighted by Crippen LogP contribution is -2.28. The molecule has 2 N–H and O–H groups in total. The number of thiophene rings is 1. The first-order valence-corrected chi connectivity index (χ1v) is 6.73. The van der Waals surface area contributed by atoms with Gasteiger partial charge >= 0.3 is 0 Å². The Kier molecular flexibility index (Phi) is 2.66. The quantitative estimate of drug-likeness (QED) is 0.914. The van der Waals surface area contributed by atoms with E-state index in [1.54, 1.807) is 17.3 Å². The van der Waals surface area contributed by atoms with Gasteiger partial charge in [-0.25, -0.2) is 9.97 Å². The Balaban J connectivity index is 1.92. The van der Waals surface area contributed by atoms with Crippen molar-refractivity contribution in [2.45, 2.75) is 12.8 Å². The highest BCUT2D eigenvalue weighted by atomic mass is 32.1. The number of nitrogens with two attached hydrogens (primary N) is 1. The number of nitrogens with zero attached hydrogens (tertiary/aromatic N) is 3. The monoisotopic (exact) mass is 262 g/mol. The van der Waals surface area contributed by atoms with Gasteiger partial charge in [0.25, 0.3) is 5.91 Å². The van der Waals surface area contributed by atoms with Crippen molar-refractivity contribution < 1.29 is 4.79 Å². The van der Waals surface area contributed by atoms with E-state index in [1.807, 2.05) is 7.05 Å². The van der Waals surface area contributed by atoms with Crippen LogP contribution < -0.4 is 5.73 Å². The van der Waals surface area contributed by atoms with E-state index < -0.39 is 0 Å². The summed E-state index contributed by atoms with van der Waals surface area (Å²) in [6.07, 6.45) is 5.65. The lowest BCUT2D eigenvalue weighted by atomic mass is 10.3. The van der Waals surface area contributed by atoms with Gasteiger partial charge in [0.15, 0.2) is 0 Å². The van der Waals surface area contributed by atoms with Crippen molar-refractivity contribution >= 4 is 33.3 Å². The zero-order chi connectivity index (χ0) is 12.7. The Morgan fingerprint density at radius 2 is 2.22 bits per heavy atom. The molecule has 6 heteroatoms. The van der Waals surface area contributed by atoms with Gasteiger partial charge in [0.05, 0.1) is 5.69 Å². The van der Waals surface area contributed by atoms with Crippen molar-refractivity contribution in [1.82, 2.24) is 14.9 Å². The topological polar surface area (TPSA) is 72.1 Å². The van der Waals surface area contributed by atoms with Crippen LogP contribution in [0.2, 0.25) is 0 Å². The van der Waals surface area contributed by atoms with Crippen molar-refractivity contribution in [3.8, 4) is 0 Å². The van der Waals surface area contributed by atoms with Gasteiger partial charge in [0.2, 0.25) is 0 Å². The van der Waals surface area contributed by atoms with Crippen LogP contribution in [0.3, 0.4) is 0 Å². The average molecular weight is 262 g/mol. The molecule has 5 nitrogen and oxygen atoms in total. The van der Waals surface area contributed by atoms with Crippen molar-refractivity contribution in [1.29, 1.82) is 0 Å². The molecule has 3 rings (SSSR count). The third kappa shape index (κ3) is 1.92. The molecule has 0 saturated heterocycles. The second kappa shape index (κ2) is 4.20. The first-order valence-electron chi connectivity index (χ1n) is 5.91. The van der Waals surface area contributed by atoms with E-state index in [0.717, 1.165) is 11.4 Å². The van der Waals surface area contributed by atoms with Gasteiger partial charge < -0.3 is 10.6 Å². The highest BCUT2D eigenvalue weighted by molar-refractivity contribution is 7.21. The van der Waals surface area contributed by atoms with Gasteiger partial charge in [0.1, 0.15) is 15.2 Å². The fourth-order valence-electron chi connectivity index (χ4n) is 1.95. The van der Waals surface area contributed by atoms with Gasteiger partial charge in [-0.3, -0.25) is 4.79 Å². The Labute approximate surface area is 109 Å². The molecule has 0 spiro atoms. The molecule has 0 aromatic carbocycles. The standard InChI is InChI=1S/C12H14N4OS/c1-16(6-7-2-3-7)12(17)10-8(13)9-11(18-10)15-5-4-14-9/h4-5,7H,2-3,6,13H2,1H3. The number of hydrogen-bond acceptors (Lipinski definition) is 5. The van der Waals surface area contributed by atoms with E-state index in [0.29, 0.717) is 22.0 Å². The summed E-state index contributed by atoms with van der Waals surface area (Å²) in [4.78, 5) is 23.7. The largest absolute Gasteiger partial charge is 0.396 e. The fraction of sp³-hybridized carbons (Fsp3) is 0.417. The molecule has 18 heavy (non-hydrogen) atoms. The minimum atomic E-state index is -0.0239. The van der Waals surface area contributed by atoms with Crippen LogP contribution in [-0.2, 0) is 0 Å². The van der Waals surface area contributed by atoms with Crippen LogP contribution >= 0.6 is 11.3 Å². The van der Waals surface area contributed by atoms with Gasteiger partial charge in [-0.15, -0.1) is 11.3 Å². The van der Waals surface area contributed by atoms with E-state index in [9.17, 15) is 4.79 Å². The van der Waals surface area contributed by atoms with Crippen LogP contribution in [0.4, 0.5) is 5.69 Å². The molecule has 0 bridgehead atoms. The number of carbonyl (C=O) groups is 1. The van der Waals surface area contributed by atoms with Gasteiger partial charge in [0, 0.05) is 26.0 Å². The van der Waals surface area contributed by atoms with Crippen LogP contribution in [0.5, 0.6) is 0 Å². The average Bonchev–Trinajstić information content (AvgIpc) is 3.12. The molecule has 94 valence electrons. The summed E-state index contributed by atoms with van der Waals surface area (Å²) in [6.45, 7) is 0.813. The molecule has 0 aliphatic heterocycles. The maximum absolute atomic E-state index is 12.3. The minimum absolute atomic E-state index is 0.0239. The first-order chi connectivity index (χ1) is 8.66. The Bertz CT molecular complexity index is 605. The van der Waals surface area contributed by atoms with E-state index >= 15 is 0 Å². The minimum Gasteiger partial charge on any atom is -0.396 e. The maximum Gasteiger partial charge on any atom is 0.265 e. The molecule has 0 radical (unpaired) electrons. The Morgan fingerprint density at radius 3 is 2.89 bits per heavy atom. The summed E-state index contributed by atoms with van der Waals surface area (Å²) >= 11 is 1.32. The van der Waals surface area contributed by atoms with E-state index in [4.69, 9.17) is 5.73 Å². The third-order valence-electron chi connectivity index (χ3n) is 3.13. The molecule has 0 unspecified atom stereocenters. The summed E-state index contributed by atoms with van der Waals surface area (Å²) in [5.74, 6) is 0.648. The summed E-state index contributed by atoms with van der Waals surface area (Å²) in [5, 5.41) is 0. The first kappa shape index (κ1) is 11.4. The van der Waals surface area contributed by atoms with Crippen molar-refractivity contribution in [2.75, 3.05) is 19.3 Å². The van der Waals surface area contributed by atoms with Gasteiger partial charge in [-0.2, -0.15) is 0 Å². The van der Waals surface area contributed by atoms with E-state index in [2.05, 4.69) is 9.97 Å². The molecule has 0 atom stereocenters. The van der Waals surface area contributed by atoms with Crippen molar-refractivity contribution in [3.05, 3.63) is 17.3 Å². The highest BCUT2D eigenvalue weighted by Crippen LogP contribution is 2.33. The lowest BCUT2D eigenvalue weighted by Gasteiger charge is -2.15. The molecule has 2 heterocycles. The second-order valence-electron chi connectivity index (χ2n) is 4.68. The molecular weight excluding hydrogens is 248 g/mol. The number of nitrogen functional groups attached to an aromatic ring is 1. The van der Waals surface area contributed by atoms with E-state index in [1.165, 1.54) is 24.2 Å². The number of rotatable bonds is 3. The van der Waals surface area contributed by atoms with Crippen molar-refractivity contribution in [3.63, 3.8) is 0 Å². The molecule has 1 fully saturated rings. The maximum atomic E-state index is 12.3. The Hall–Kier alpha value is -1.69. The summed E-state index contributed by atoms with van der Waals surface area (Å²) in [7, 11) is 1.82. The zero-order valence-corrected chi connectivity index (χ0v) is 10.9. The number of fused-ring (bicyclic) bond motifs is 1. The van der Waals surface area contributed by atoms with Gasteiger partial charge in [-0.1, -0.05) is 0 Å². The molecule has 1 amide bonds. The Morgan fingerprint density at radius 1 is 1.50 bits per heavy atom. The predicted octanol–water partition coefficient (Wildman–Crippen LogP) is 1.76. The number of aromatic nitrogens is 2. The van der Waals surface area contributed by atoms with Crippen LogP contribution in [0.25, 0.3) is 10.3 Å². The van der Waals surface area contributed by atoms with Crippen LogP contribution in [0, 0.1) is 5.92 Å². The lowest BCUT2D eigenvalue weighted by molar-refractivity contribution is 0.0794. The van der Waals surface area contributed by atoms with Crippen molar-refractivity contribution in [2.24, 2.45) is 5.92 Å². The van der Waals surface area contributed by atoms with Crippen LogP contribution in [-0.4, -0.2) is 34.4 Å².